The third kappa shape index (κ3) is 9.04. The van der Waals surface area contributed by atoms with Crippen molar-refractivity contribution in [2.45, 2.75) is 31.8 Å². The Labute approximate surface area is 77.5 Å². The summed E-state index contributed by atoms with van der Waals surface area (Å²) in [7, 11) is 0. The van der Waals surface area contributed by atoms with Crippen LogP contribution in [-0.4, -0.2) is 34.0 Å². The molecule has 0 amide bonds. The number of carboxylic acids is 1. The minimum Gasteiger partial charge on any atom is -0.478 e. The fourth-order valence-corrected chi connectivity index (χ4v) is 0.932. The number of unbranched alkanes of at least 4 members (excludes halogenated alkanes) is 2. The molecule has 0 saturated heterocycles. The van der Waals surface area contributed by atoms with Gasteiger partial charge < -0.3 is 15.3 Å². The first kappa shape index (κ1) is 12.1. The lowest BCUT2D eigenvalue weighted by atomic mass is 10.1. The van der Waals surface area contributed by atoms with Gasteiger partial charge in [0.2, 0.25) is 0 Å². The molecule has 0 rings (SSSR count). The Bertz CT molecular complexity index is 165. The lowest BCUT2D eigenvalue weighted by Gasteiger charge is -2.03. The van der Waals surface area contributed by atoms with Crippen molar-refractivity contribution in [3.8, 4) is 0 Å². The smallest absolute Gasteiger partial charge is 0.328 e. The van der Waals surface area contributed by atoms with E-state index in [1.54, 1.807) is 0 Å². The van der Waals surface area contributed by atoms with E-state index >= 15 is 0 Å². The van der Waals surface area contributed by atoms with E-state index in [-0.39, 0.29) is 6.61 Å². The van der Waals surface area contributed by atoms with Crippen LogP contribution in [0.1, 0.15) is 25.7 Å². The molecule has 0 heterocycles. The van der Waals surface area contributed by atoms with Gasteiger partial charge in [0.15, 0.2) is 0 Å². The number of hydrogen-bond donors (Lipinski definition) is 3. The largest absolute Gasteiger partial charge is 0.478 e. The fourth-order valence-electron chi connectivity index (χ4n) is 0.932. The Morgan fingerprint density at radius 3 is 2.54 bits per heavy atom. The number of carboxylic acid groups (broad SMARTS) is 1. The van der Waals surface area contributed by atoms with E-state index in [1.165, 1.54) is 6.08 Å². The molecule has 0 fully saturated rings. The summed E-state index contributed by atoms with van der Waals surface area (Å²) in [5.41, 5.74) is 0. The molecular formula is C9H16O4. The van der Waals surface area contributed by atoms with E-state index < -0.39 is 12.1 Å². The third-order valence-electron chi connectivity index (χ3n) is 1.62. The van der Waals surface area contributed by atoms with Crippen molar-refractivity contribution in [3.63, 3.8) is 0 Å². The first-order chi connectivity index (χ1) is 6.16. The Hall–Kier alpha value is -0.870. The number of aliphatic carboxylic acids is 1. The van der Waals surface area contributed by atoms with Crippen LogP contribution < -0.4 is 0 Å². The highest BCUT2D eigenvalue weighted by Gasteiger charge is 1.99. The molecule has 1 atom stereocenters. The van der Waals surface area contributed by atoms with Crippen molar-refractivity contribution in [2.24, 2.45) is 0 Å². The van der Waals surface area contributed by atoms with Crippen LogP contribution in [0, 0.1) is 0 Å². The maximum atomic E-state index is 10.0. The zero-order chi connectivity index (χ0) is 10.1. The molecule has 0 unspecified atom stereocenters. The quantitative estimate of drug-likeness (QED) is 0.402. The van der Waals surface area contributed by atoms with E-state index in [0.29, 0.717) is 6.42 Å². The average molecular weight is 188 g/mol. The van der Waals surface area contributed by atoms with E-state index in [0.717, 1.165) is 25.3 Å². The maximum absolute atomic E-state index is 10.0. The predicted molar refractivity (Wildman–Crippen MR) is 48.3 cm³/mol. The second-order valence-corrected chi connectivity index (χ2v) is 2.84. The molecule has 0 saturated carbocycles. The molecule has 0 aliphatic rings. The summed E-state index contributed by atoms with van der Waals surface area (Å²) in [5, 5.41) is 25.9. The predicted octanol–water partition coefficient (Wildman–Crippen LogP) is 0.541. The Balaban J connectivity index is 3.40. The Morgan fingerprint density at radius 1 is 1.31 bits per heavy atom. The highest BCUT2D eigenvalue weighted by molar-refractivity contribution is 5.79. The van der Waals surface area contributed by atoms with Gasteiger partial charge in [-0.05, 0) is 18.9 Å². The van der Waals surface area contributed by atoms with Crippen molar-refractivity contribution in [3.05, 3.63) is 12.2 Å². The van der Waals surface area contributed by atoms with Gasteiger partial charge in [0.1, 0.15) is 0 Å². The van der Waals surface area contributed by atoms with Crippen LogP contribution in [0.3, 0.4) is 0 Å². The van der Waals surface area contributed by atoms with Crippen molar-refractivity contribution in [1.29, 1.82) is 0 Å². The maximum Gasteiger partial charge on any atom is 0.328 e. The van der Waals surface area contributed by atoms with Crippen LogP contribution in [0.15, 0.2) is 12.2 Å². The summed E-state index contributed by atoms with van der Waals surface area (Å²) in [5.74, 6) is -1.05. The summed E-state index contributed by atoms with van der Waals surface area (Å²) in [6.45, 7) is 0.168. The van der Waals surface area contributed by atoms with Crippen molar-refractivity contribution >= 4 is 5.97 Å². The second kappa shape index (κ2) is 7.76. The Kier molecular flexibility index (Phi) is 7.24. The molecule has 0 aromatic heterocycles. The summed E-state index contributed by atoms with van der Waals surface area (Å²) in [4.78, 5) is 10.0. The standard InChI is InChI=1S/C9H16O4/c10-7-3-1-2-4-8(11)5-6-9(12)13/h5-6,8,10-11H,1-4,7H2,(H,12,13)/b6-5+/t8-/m1/s1. The number of aliphatic hydroxyl groups is 2. The van der Waals surface area contributed by atoms with Crippen LogP contribution in [0.2, 0.25) is 0 Å². The van der Waals surface area contributed by atoms with Gasteiger partial charge in [-0.25, -0.2) is 4.79 Å². The van der Waals surface area contributed by atoms with Crippen LogP contribution >= 0.6 is 0 Å². The van der Waals surface area contributed by atoms with Crippen molar-refractivity contribution in [2.75, 3.05) is 6.61 Å². The zero-order valence-electron chi connectivity index (χ0n) is 7.52. The van der Waals surface area contributed by atoms with Crippen molar-refractivity contribution in [1.82, 2.24) is 0 Å². The molecule has 0 aliphatic carbocycles. The lowest BCUT2D eigenvalue weighted by Crippen LogP contribution is -2.03. The normalized spacial score (nSPS) is 13.4. The molecular weight excluding hydrogens is 172 g/mol. The van der Waals surface area contributed by atoms with E-state index in [9.17, 15) is 9.90 Å². The minimum atomic E-state index is -1.05. The second-order valence-electron chi connectivity index (χ2n) is 2.84. The molecule has 0 spiro atoms. The van der Waals surface area contributed by atoms with E-state index in [1.807, 2.05) is 0 Å². The number of carbonyl (C=O) groups is 1. The molecule has 13 heavy (non-hydrogen) atoms. The number of aliphatic hydroxyl groups excluding tert-OH is 2. The topological polar surface area (TPSA) is 77.8 Å². The molecule has 0 bridgehead atoms. The molecule has 3 N–H and O–H groups in total. The fraction of sp³-hybridized carbons (Fsp3) is 0.667. The van der Waals surface area contributed by atoms with Gasteiger partial charge in [0, 0.05) is 12.7 Å². The molecule has 0 aromatic rings. The van der Waals surface area contributed by atoms with Crippen LogP contribution in [0.4, 0.5) is 0 Å². The summed E-state index contributed by atoms with van der Waals surface area (Å²) in [6, 6.07) is 0. The van der Waals surface area contributed by atoms with Crippen LogP contribution in [0.5, 0.6) is 0 Å². The van der Waals surface area contributed by atoms with Gasteiger partial charge in [-0.2, -0.15) is 0 Å². The number of rotatable bonds is 7. The first-order valence-corrected chi connectivity index (χ1v) is 4.37. The van der Waals surface area contributed by atoms with Crippen molar-refractivity contribution < 1.29 is 20.1 Å². The highest BCUT2D eigenvalue weighted by Crippen LogP contribution is 2.04. The third-order valence-corrected chi connectivity index (χ3v) is 1.62. The SMILES string of the molecule is O=C(O)/C=C/[C@H](O)CCCCCO. The minimum absolute atomic E-state index is 0.168. The lowest BCUT2D eigenvalue weighted by molar-refractivity contribution is -0.131. The molecule has 0 aromatic carbocycles. The van der Waals surface area contributed by atoms with E-state index in [2.05, 4.69) is 0 Å². The highest BCUT2D eigenvalue weighted by atomic mass is 16.4. The van der Waals surface area contributed by atoms with Gasteiger partial charge in [-0.3, -0.25) is 0 Å². The molecule has 0 radical (unpaired) electrons. The van der Waals surface area contributed by atoms with Crippen LogP contribution in [-0.2, 0) is 4.79 Å². The Morgan fingerprint density at radius 2 is 2.00 bits per heavy atom. The van der Waals surface area contributed by atoms with E-state index in [4.69, 9.17) is 10.2 Å². The summed E-state index contributed by atoms with van der Waals surface area (Å²) < 4.78 is 0. The van der Waals surface area contributed by atoms with Gasteiger partial charge in [0.05, 0.1) is 6.10 Å². The number of hydrogen-bond acceptors (Lipinski definition) is 3. The summed E-state index contributed by atoms with van der Waals surface area (Å²) >= 11 is 0. The van der Waals surface area contributed by atoms with Gasteiger partial charge in [-0.15, -0.1) is 0 Å². The van der Waals surface area contributed by atoms with Crippen LogP contribution in [0.25, 0.3) is 0 Å². The van der Waals surface area contributed by atoms with Gasteiger partial charge in [-0.1, -0.05) is 12.8 Å². The molecule has 76 valence electrons. The first-order valence-electron chi connectivity index (χ1n) is 4.37. The van der Waals surface area contributed by atoms with Gasteiger partial charge >= 0.3 is 5.97 Å². The monoisotopic (exact) mass is 188 g/mol. The average Bonchev–Trinajstić information content (AvgIpc) is 2.09. The molecule has 4 nitrogen and oxygen atoms in total. The molecule has 4 heteroatoms. The summed E-state index contributed by atoms with van der Waals surface area (Å²) in [6.07, 6.45) is 4.45. The molecule has 0 aliphatic heterocycles. The zero-order valence-corrected chi connectivity index (χ0v) is 7.52. The van der Waals surface area contributed by atoms with Gasteiger partial charge in [0.25, 0.3) is 0 Å².